The molecule has 0 radical (unpaired) electrons. The van der Waals surface area contributed by atoms with Crippen LogP contribution < -0.4 is 5.32 Å². The molecular formula is C15H18N2O2S. The van der Waals surface area contributed by atoms with Crippen molar-refractivity contribution in [2.24, 2.45) is 0 Å². The first-order valence-electron chi connectivity index (χ1n) is 6.35. The monoisotopic (exact) mass is 290 g/mol. The molecule has 0 amide bonds. The van der Waals surface area contributed by atoms with Gasteiger partial charge in [-0.1, -0.05) is 18.2 Å². The highest BCUT2D eigenvalue weighted by molar-refractivity contribution is 7.99. The van der Waals surface area contributed by atoms with Crippen LogP contribution in [0.15, 0.2) is 30.5 Å². The van der Waals surface area contributed by atoms with Crippen LogP contribution in [-0.2, 0) is 0 Å². The molecule has 1 aromatic heterocycles. The number of anilines is 1. The van der Waals surface area contributed by atoms with Crippen LogP contribution in [0, 0.1) is 0 Å². The summed E-state index contributed by atoms with van der Waals surface area (Å²) in [6.45, 7) is 4.92. The van der Waals surface area contributed by atoms with E-state index in [1.807, 2.05) is 30.5 Å². The number of benzene rings is 1. The number of aromatic nitrogens is 1. The van der Waals surface area contributed by atoms with E-state index in [0.717, 1.165) is 10.9 Å². The Labute approximate surface area is 122 Å². The zero-order valence-electron chi connectivity index (χ0n) is 11.8. The van der Waals surface area contributed by atoms with Gasteiger partial charge in [-0.25, -0.2) is 4.79 Å². The Morgan fingerprint density at radius 1 is 1.40 bits per heavy atom. The number of rotatable bonds is 5. The van der Waals surface area contributed by atoms with Gasteiger partial charge >= 0.3 is 5.97 Å². The molecule has 0 aliphatic carbocycles. The quantitative estimate of drug-likeness (QED) is 0.882. The van der Waals surface area contributed by atoms with Crippen molar-refractivity contribution in [1.29, 1.82) is 0 Å². The van der Waals surface area contributed by atoms with Crippen LogP contribution in [0.1, 0.15) is 24.2 Å². The van der Waals surface area contributed by atoms with Gasteiger partial charge in [-0.15, -0.1) is 0 Å². The number of hydrogen-bond donors (Lipinski definition) is 2. The number of aromatic carboxylic acids is 1. The van der Waals surface area contributed by atoms with Gasteiger partial charge in [-0.3, -0.25) is 4.98 Å². The highest BCUT2D eigenvalue weighted by Gasteiger charge is 2.19. The molecule has 0 aliphatic rings. The predicted octanol–water partition coefficient (Wildman–Crippen LogP) is 3.49. The molecule has 0 fully saturated rings. The van der Waals surface area contributed by atoms with Gasteiger partial charge in [-0.05, 0) is 26.2 Å². The summed E-state index contributed by atoms with van der Waals surface area (Å²) in [6.07, 6.45) is 3.46. The van der Waals surface area contributed by atoms with E-state index in [1.165, 1.54) is 6.20 Å². The molecular weight excluding hydrogens is 272 g/mol. The molecule has 0 saturated carbocycles. The zero-order valence-corrected chi connectivity index (χ0v) is 12.6. The average Bonchev–Trinajstić information content (AvgIpc) is 2.44. The smallest absolute Gasteiger partial charge is 0.339 e. The Morgan fingerprint density at radius 2 is 2.10 bits per heavy atom. The number of thioether (sulfide) groups is 1. The predicted molar refractivity (Wildman–Crippen MR) is 84.8 cm³/mol. The number of hydrogen-bond acceptors (Lipinski definition) is 4. The number of nitrogens with zero attached hydrogens (tertiary/aromatic N) is 1. The molecule has 1 heterocycles. The summed E-state index contributed by atoms with van der Waals surface area (Å²) >= 11 is 1.74. The van der Waals surface area contributed by atoms with Gasteiger partial charge in [-0.2, -0.15) is 11.8 Å². The summed E-state index contributed by atoms with van der Waals surface area (Å²) < 4.78 is 0.0279. The highest BCUT2D eigenvalue weighted by atomic mass is 32.2. The van der Waals surface area contributed by atoms with Gasteiger partial charge < -0.3 is 10.4 Å². The van der Waals surface area contributed by atoms with Crippen molar-refractivity contribution in [3.63, 3.8) is 0 Å². The lowest BCUT2D eigenvalue weighted by molar-refractivity contribution is 0.0697. The van der Waals surface area contributed by atoms with E-state index >= 15 is 0 Å². The summed E-state index contributed by atoms with van der Waals surface area (Å²) in [7, 11) is 0. The number of pyridine rings is 1. The van der Waals surface area contributed by atoms with Crippen molar-refractivity contribution in [3.8, 4) is 0 Å². The minimum Gasteiger partial charge on any atom is -0.478 e. The van der Waals surface area contributed by atoms with Gasteiger partial charge in [0.15, 0.2) is 0 Å². The number of carboxylic acid groups (broad SMARTS) is 1. The summed E-state index contributed by atoms with van der Waals surface area (Å²) in [6, 6.07) is 7.56. The Kier molecular flexibility index (Phi) is 4.18. The molecule has 0 aliphatic heterocycles. The lowest BCUT2D eigenvalue weighted by atomic mass is 10.1. The van der Waals surface area contributed by atoms with Gasteiger partial charge in [0.25, 0.3) is 0 Å². The fourth-order valence-electron chi connectivity index (χ4n) is 1.87. The van der Waals surface area contributed by atoms with Gasteiger partial charge in [0, 0.05) is 22.9 Å². The van der Waals surface area contributed by atoms with E-state index in [-0.39, 0.29) is 10.3 Å². The number of nitrogens with one attached hydrogen (secondary N) is 1. The Hall–Kier alpha value is -1.75. The van der Waals surface area contributed by atoms with Crippen molar-refractivity contribution in [3.05, 3.63) is 36.0 Å². The Balaban J connectivity index is 2.47. The van der Waals surface area contributed by atoms with E-state index in [2.05, 4.69) is 24.1 Å². The number of carboxylic acids is 1. The van der Waals surface area contributed by atoms with Crippen LogP contribution >= 0.6 is 11.8 Å². The molecule has 0 bridgehead atoms. The molecule has 1 aromatic carbocycles. The van der Waals surface area contributed by atoms with Crippen molar-refractivity contribution in [2.75, 3.05) is 18.1 Å². The second-order valence-corrected chi connectivity index (χ2v) is 6.70. The number of para-hydroxylation sites is 1. The van der Waals surface area contributed by atoms with E-state index < -0.39 is 5.97 Å². The van der Waals surface area contributed by atoms with Crippen molar-refractivity contribution >= 4 is 34.3 Å². The maximum atomic E-state index is 11.4. The van der Waals surface area contributed by atoms with Gasteiger partial charge in [0.05, 0.1) is 11.2 Å². The normalized spacial score (nSPS) is 11.6. The van der Waals surface area contributed by atoms with Crippen LogP contribution in [0.4, 0.5) is 5.69 Å². The van der Waals surface area contributed by atoms with E-state index in [0.29, 0.717) is 12.2 Å². The molecule has 20 heavy (non-hydrogen) atoms. The first kappa shape index (κ1) is 14.7. The molecule has 2 N–H and O–H groups in total. The summed E-state index contributed by atoms with van der Waals surface area (Å²) in [4.78, 5) is 15.6. The number of carbonyl (C=O) groups is 1. The molecule has 106 valence electrons. The van der Waals surface area contributed by atoms with E-state index in [1.54, 1.807) is 11.8 Å². The fraction of sp³-hybridized carbons (Fsp3) is 0.333. The first-order chi connectivity index (χ1) is 9.44. The molecule has 0 unspecified atom stereocenters. The van der Waals surface area contributed by atoms with Crippen molar-refractivity contribution in [2.45, 2.75) is 18.6 Å². The summed E-state index contributed by atoms with van der Waals surface area (Å²) in [5.74, 6) is -0.965. The van der Waals surface area contributed by atoms with Gasteiger partial charge in [0.1, 0.15) is 5.56 Å². The van der Waals surface area contributed by atoms with Crippen LogP contribution in [0.5, 0.6) is 0 Å². The lowest BCUT2D eigenvalue weighted by Gasteiger charge is -2.24. The molecule has 0 saturated heterocycles. The third kappa shape index (κ3) is 3.04. The standard InChI is InChI=1S/C15H18N2O2S/c1-15(2,20-3)9-17-13-10-6-4-5-7-12(10)16-8-11(13)14(18)19/h4-8H,9H2,1-3H3,(H,16,17)(H,18,19). The first-order valence-corrected chi connectivity index (χ1v) is 7.57. The topological polar surface area (TPSA) is 62.2 Å². The van der Waals surface area contributed by atoms with Crippen LogP contribution in [0.2, 0.25) is 0 Å². The van der Waals surface area contributed by atoms with Crippen LogP contribution in [-0.4, -0.2) is 33.6 Å². The third-order valence-electron chi connectivity index (χ3n) is 3.25. The molecule has 0 atom stereocenters. The summed E-state index contributed by atoms with van der Waals surface area (Å²) in [5.41, 5.74) is 1.65. The largest absolute Gasteiger partial charge is 0.478 e. The number of fused-ring (bicyclic) bond motifs is 1. The minimum absolute atomic E-state index is 0.0279. The Bertz CT molecular complexity index is 641. The van der Waals surface area contributed by atoms with E-state index in [9.17, 15) is 9.90 Å². The SMILES string of the molecule is CSC(C)(C)CNc1c(C(=O)O)cnc2ccccc12. The molecule has 5 heteroatoms. The zero-order chi connectivity index (χ0) is 14.8. The maximum Gasteiger partial charge on any atom is 0.339 e. The summed E-state index contributed by atoms with van der Waals surface area (Å²) in [5, 5.41) is 13.5. The lowest BCUT2D eigenvalue weighted by Crippen LogP contribution is -2.26. The third-order valence-corrected chi connectivity index (χ3v) is 4.50. The molecule has 2 aromatic rings. The van der Waals surface area contributed by atoms with Gasteiger partial charge in [0.2, 0.25) is 0 Å². The molecule has 2 rings (SSSR count). The van der Waals surface area contributed by atoms with Crippen molar-refractivity contribution in [1.82, 2.24) is 4.98 Å². The molecule has 0 spiro atoms. The fourth-order valence-corrected chi connectivity index (χ4v) is 2.08. The molecule has 4 nitrogen and oxygen atoms in total. The van der Waals surface area contributed by atoms with E-state index in [4.69, 9.17) is 0 Å². The Morgan fingerprint density at radius 3 is 2.75 bits per heavy atom. The second kappa shape index (κ2) is 5.71. The second-order valence-electron chi connectivity index (χ2n) is 5.19. The van der Waals surface area contributed by atoms with Crippen molar-refractivity contribution < 1.29 is 9.90 Å². The van der Waals surface area contributed by atoms with Crippen LogP contribution in [0.25, 0.3) is 10.9 Å². The average molecular weight is 290 g/mol. The maximum absolute atomic E-state index is 11.4. The van der Waals surface area contributed by atoms with Crippen LogP contribution in [0.3, 0.4) is 0 Å². The minimum atomic E-state index is -0.965. The highest BCUT2D eigenvalue weighted by Crippen LogP contribution is 2.28.